The van der Waals surface area contributed by atoms with Gasteiger partial charge >= 0.3 is 0 Å². The van der Waals surface area contributed by atoms with Gasteiger partial charge in [0.1, 0.15) is 5.69 Å². The first-order valence-electron chi connectivity index (χ1n) is 9.40. The smallest absolute Gasteiger partial charge is 0.274 e. The second-order valence-corrected chi connectivity index (χ2v) is 7.31. The Bertz CT molecular complexity index is 1280. The number of hydrogen-bond acceptors (Lipinski definition) is 4. The Morgan fingerprint density at radius 1 is 1.03 bits per heavy atom. The van der Waals surface area contributed by atoms with E-state index in [1.54, 1.807) is 48.5 Å². The fourth-order valence-electron chi connectivity index (χ4n) is 3.11. The summed E-state index contributed by atoms with van der Waals surface area (Å²) in [5, 5.41) is 19.1. The number of carbonyl (C=O) groups is 1. The van der Waals surface area contributed by atoms with Crippen molar-refractivity contribution in [1.82, 2.24) is 9.78 Å². The molecule has 154 valence electrons. The molecule has 0 radical (unpaired) electrons. The minimum Gasteiger partial charge on any atom is -0.321 e. The molecule has 4 rings (SSSR count). The third-order valence-corrected chi connectivity index (χ3v) is 5.02. The fourth-order valence-corrected chi connectivity index (χ4v) is 3.34. The van der Waals surface area contributed by atoms with Crippen molar-refractivity contribution >= 4 is 28.9 Å². The monoisotopic (exact) mass is 432 g/mol. The summed E-state index contributed by atoms with van der Waals surface area (Å²) in [6.07, 6.45) is 0. The van der Waals surface area contributed by atoms with Crippen molar-refractivity contribution in [3.8, 4) is 16.9 Å². The lowest BCUT2D eigenvalue weighted by Gasteiger charge is -2.08. The van der Waals surface area contributed by atoms with Crippen LogP contribution < -0.4 is 5.32 Å². The van der Waals surface area contributed by atoms with E-state index in [-0.39, 0.29) is 11.4 Å². The molecule has 1 N–H and O–H groups in total. The molecule has 0 unspecified atom stereocenters. The molecular weight excluding hydrogens is 416 g/mol. The van der Waals surface area contributed by atoms with Gasteiger partial charge in [0.25, 0.3) is 11.6 Å². The molecule has 0 atom stereocenters. The number of nitrogens with zero attached hydrogens (tertiary/aromatic N) is 3. The van der Waals surface area contributed by atoms with E-state index in [1.807, 2.05) is 25.1 Å². The van der Waals surface area contributed by atoms with Gasteiger partial charge in [-0.05, 0) is 37.3 Å². The van der Waals surface area contributed by atoms with Gasteiger partial charge in [0.05, 0.1) is 21.3 Å². The van der Waals surface area contributed by atoms with Crippen molar-refractivity contribution in [2.45, 2.75) is 6.92 Å². The largest absolute Gasteiger partial charge is 0.321 e. The van der Waals surface area contributed by atoms with E-state index in [2.05, 4.69) is 10.4 Å². The number of non-ortho nitro benzene ring substituents is 1. The first-order chi connectivity index (χ1) is 14.9. The van der Waals surface area contributed by atoms with Gasteiger partial charge in [0.15, 0.2) is 0 Å². The van der Waals surface area contributed by atoms with E-state index < -0.39 is 10.8 Å². The quantitative estimate of drug-likeness (QED) is 0.325. The van der Waals surface area contributed by atoms with E-state index in [1.165, 1.54) is 16.8 Å². The second-order valence-electron chi connectivity index (χ2n) is 6.90. The molecule has 0 bridgehead atoms. The molecule has 1 heterocycles. The Hall–Kier alpha value is -3.97. The highest BCUT2D eigenvalue weighted by Gasteiger charge is 2.20. The van der Waals surface area contributed by atoms with E-state index in [0.717, 1.165) is 5.56 Å². The minimum absolute atomic E-state index is 0.0998. The van der Waals surface area contributed by atoms with Crippen molar-refractivity contribution in [2.24, 2.45) is 0 Å². The maximum Gasteiger partial charge on any atom is 0.274 e. The molecule has 0 aliphatic carbocycles. The zero-order valence-corrected chi connectivity index (χ0v) is 17.2. The van der Waals surface area contributed by atoms with Crippen LogP contribution in [-0.2, 0) is 0 Å². The number of carbonyl (C=O) groups excluding carboxylic acids is 1. The predicted octanol–water partition coefficient (Wildman–Crippen LogP) is 5.66. The third-order valence-electron chi connectivity index (χ3n) is 4.69. The number of halogens is 1. The van der Waals surface area contributed by atoms with Crippen molar-refractivity contribution < 1.29 is 9.72 Å². The summed E-state index contributed by atoms with van der Waals surface area (Å²) in [6, 6.07) is 22.1. The normalized spacial score (nSPS) is 10.6. The number of aryl methyl sites for hydroxylation is 1. The third kappa shape index (κ3) is 4.31. The summed E-state index contributed by atoms with van der Waals surface area (Å²) in [7, 11) is 0. The molecule has 31 heavy (non-hydrogen) atoms. The highest BCUT2D eigenvalue weighted by Crippen LogP contribution is 2.29. The maximum absolute atomic E-state index is 13.1. The lowest BCUT2D eigenvalue weighted by Crippen LogP contribution is -2.17. The van der Waals surface area contributed by atoms with Crippen LogP contribution in [0.5, 0.6) is 0 Å². The fraction of sp³-hybridized carbons (Fsp3) is 0.0435. The molecule has 0 saturated heterocycles. The van der Waals surface area contributed by atoms with E-state index in [9.17, 15) is 14.9 Å². The van der Waals surface area contributed by atoms with Gasteiger partial charge in [-0.2, -0.15) is 5.10 Å². The Labute approximate surface area is 183 Å². The van der Waals surface area contributed by atoms with Gasteiger partial charge in [-0.1, -0.05) is 53.6 Å². The van der Waals surface area contributed by atoms with Crippen molar-refractivity contribution in [1.29, 1.82) is 0 Å². The highest BCUT2D eigenvalue weighted by molar-refractivity contribution is 6.33. The van der Waals surface area contributed by atoms with Crippen molar-refractivity contribution in [3.05, 3.63) is 105 Å². The molecule has 1 aromatic heterocycles. The number of aromatic nitrogens is 2. The van der Waals surface area contributed by atoms with Gasteiger partial charge in [0.2, 0.25) is 0 Å². The van der Waals surface area contributed by atoms with Gasteiger partial charge in [-0.3, -0.25) is 14.9 Å². The summed E-state index contributed by atoms with van der Waals surface area (Å²) in [5.41, 5.74) is 3.33. The average Bonchev–Trinajstić information content (AvgIpc) is 3.21. The van der Waals surface area contributed by atoms with Gasteiger partial charge in [-0.25, -0.2) is 4.68 Å². The van der Waals surface area contributed by atoms with Crippen LogP contribution in [-0.4, -0.2) is 20.6 Å². The molecule has 0 saturated carbocycles. The lowest BCUT2D eigenvalue weighted by molar-refractivity contribution is -0.384. The number of anilines is 1. The zero-order valence-electron chi connectivity index (χ0n) is 16.4. The maximum atomic E-state index is 13.1. The number of nitrogens with one attached hydrogen (secondary N) is 1. The van der Waals surface area contributed by atoms with E-state index in [0.29, 0.717) is 27.7 Å². The number of nitro benzene ring substituents is 1. The van der Waals surface area contributed by atoms with Gasteiger partial charge in [-0.15, -0.1) is 0 Å². The molecular formula is C23H17ClN4O3. The van der Waals surface area contributed by atoms with Gasteiger partial charge < -0.3 is 5.32 Å². The lowest BCUT2D eigenvalue weighted by atomic mass is 10.1. The molecule has 0 fully saturated rings. The molecule has 4 aromatic rings. The van der Waals surface area contributed by atoms with Crippen LogP contribution in [0.1, 0.15) is 16.1 Å². The Morgan fingerprint density at radius 2 is 1.77 bits per heavy atom. The molecule has 7 nitrogen and oxygen atoms in total. The summed E-state index contributed by atoms with van der Waals surface area (Å²) >= 11 is 6.32. The number of rotatable bonds is 5. The molecule has 8 heteroatoms. The minimum atomic E-state index is -0.492. The Kier molecular flexibility index (Phi) is 5.51. The summed E-state index contributed by atoms with van der Waals surface area (Å²) < 4.78 is 1.38. The standard InChI is InChI=1S/C23H17ClN4O3/c1-15-9-11-16(12-10-15)25-23(29)22-14-21(19-7-2-3-8-20(19)24)26-27(22)17-5-4-6-18(13-17)28(30)31/h2-14H,1H3,(H,25,29). The van der Waals surface area contributed by atoms with Crippen LogP contribution >= 0.6 is 11.6 Å². The Morgan fingerprint density at radius 3 is 2.48 bits per heavy atom. The van der Waals surface area contributed by atoms with Crippen LogP contribution in [0.3, 0.4) is 0 Å². The number of hydrogen-bond donors (Lipinski definition) is 1. The predicted molar refractivity (Wildman–Crippen MR) is 120 cm³/mol. The number of benzene rings is 3. The SMILES string of the molecule is Cc1ccc(NC(=O)c2cc(-c3ccccc3Cl)nn2-c2cccc([N+](=O)[O-])c2)cc1. The molecule has 0 aliphatic heterocycles. The van der Waals surface area contributed by atoms with Crippen LogP contribution in [0, 0.1) is 17.0 Å². The second kappa shape index (κ2) is 8.41. The molecule has 0 aliphatic rings. The highest BCUT2D eigenvalue weighted by atomic mass is 35.5. The van der Waals surface area contributed by atoms with Crippen molar-refractivity contribution in [3.63, 3.8) is 0 Å². The zero-order chi connectivity index (χ0) is 22.0. The average molecular weight is 433 g/mol. The van der Waals surface area contributed by atoms with Crippen LogP contribution in [0.15, 0.2) is 78.9 Å². The van der Waals surface area contributed by atoms with Crippen LogP contribution in [0.2, 0.25) is 5.02 Å². The Balaban J connectivity index is 1.81. The van der Waals surface area contributed by atoms with E-state index in [4.69, 9.17) is 11.6 Å². The summed E-state index contributed by atoms with van der Waals surface area (Å²) in [4.78, 5) is 23.8. The number of amides is 1. The van der Waals surface area contributed by atoms with Crippen molar-refractivity contribution in [2.75, 3.05) is 5.32 Å². The first-order valence-corrected chi connectivity index (χ1v) is 9.78. The van der Waals surface area contributed by atoms with Gasteiger partial charge in [0, 0.05) is 23.4 Å². The van der Waals surface area contributed by atoms with E-state index >= 15 is 0 Å². The summed E-state index contributed by atoms with van der Waals surface area (Å²) in [6.45, 7) is 1.96. The number of nitro groups is 1. The molecule has 3 aromatic carbocycles. The topological polar surface area (TPSA) is 90.1 Å². The van der Waals surface area contributed by atoms with Crippen LogP contribution in [0.4, 0.5) is 11.4 Å². The van der Waals surface area contributed by atoms with Crippen LogP contribution in [0.25, 0.3) is 16.9 Å². The first kappa shape index (κ1) is 20.3. The summed E-state index contributed by atoms with van der Waals surface area (Å²) in [5.74, 6) is -0.402. The molecule has 0 spiro atoms. The molecule has 1 amide bonds.